The highest BCUT2D eigenvalue weighted by atomic mass is 32.1. The van der Waals surface area contributed by atoms with Gasteiger partial charge in [-0.05, 0) is 19.1 Å². The number of nitrogens with zero attached hydrogens (tertiary/aromatic N) is 1. The zero-order chi connectivity index (χ0) is 13.8. The smallest absolute Gasteiger partial charge is 0.165 e. The molecule has 1 aromatic heterocycles. The molecule has 100 valence electrons. The number of hydrogen-bond donors (Lipinski definition) is 1. The Morgan fingerprint density at radius 3 is 2.84 bits per heavy atom. The van der Waals surface area contributed by atoms with E-state index < -0.39 is 0 Å². The molecule has 1 heterocycles. The Hall–Kier alpha value is -1.53. The van der Waals surface area contributed by atoms with Crippen LogP contribution < -0.4 is 10.5 Å². The van der Waals surface area contributed by atoms with E-state index in [1.54, 1.807) is 18.2 Å². The van der Waals surface area contributed by atoms with Crippen molar-refractivity contribution in [1.29, 1.82) is 0 Å². The SMILES string of the molecule is Cc1nc(CCOc2ccccc2F)sc1C(N)=S. The second kappa shape index (κ2) is 6.08. The van der Waals surface area contributed by atoms with Crippen LogP contribution in [0.4, 0.5) is 4.39 Å². The van der Waals surface area contributed by atoms with Gasteiger partial charge in [0.05, 0.1) is 22.2 Å². The molecule has 0 atom stereocenters. The van der Waals surface area contributed by atoms with Crippen molar-refractivity contribution in [3.63, 3.8) is 0 Å². The number of thiazole rings is 1. The molecule has 0 unspecified atom stereocenters. The number of ether oxygens (including phenoxy) is 1. The zero-order valence-corrected chi connectivity index (χ0v) is 12.0. The number of rotatable bonds is 5. The molecule has 2 aromatic rings. The summed E-state index contributed by atoms with van der Waals surface area (Å²) in [6, 6.07) is 6.33. The number of aromatic nitrogens is 1. The van der Waals surface area contributed by atoms with E-state index in [0.29, 0.717) is 18.0 Å². The first-order chi connectivity index (χ1) is 9.08. The molecular formula is C13H13FN2OS2. The lowest BCUT2D eigenvalue weighted by Gasteiger charge is -2.05. The maximum atomic E-state index is 13.3. The summed E-state index contributed by atoms with van der Waals surface area (Å²) < 4.78 is 18.7. The Kier molecular flexibility index (Phi) is 4.44. The molecule has 0 spiro atoms. The van der Waals surface area contributed by atoms with Crippen molar-refractivity contribution in [3.8, 4) is 5.75 Å². The van der Waals surface area contributed by atoms with Crippen molar-refractivity contribution in [3.05, 3.63) is 45.7 Å². The fourth-order valence-corrected chi connectivity index (χ4v) is 2.77. The third-order valence-corrected chi connectivity index (χ3v) is 4.06. The Labute approximate surface area is 120 Å². The molecule has 0 fully saturated rings. The van der Waals surface area contributed by atoms with Crippen LogP contribution in [0.25, 0.3) is 0 Å². The number of hydrogen-bond acceptors (Lipinski definition) is 4. The minimum absolute atomic E-state index is 0.255. The molecule has 0 bridgehead atoms. The van der Waals surface area contributed by atoms with E-state index in [4.69, 9.17) is 22.7 Å². The minimum atomic E-state index is -0.360. The van der Waals surface area contributed by atoms with E-state index in [1.165, 1.54) is 17.4 Å². The van der Waals surface area contributed by atoms with Crippen molar-refractivity contribution in [2.24, 2.45) is 5.73 Å². The molecule has 0 saturated carbocycles. The standard InChI is InChI=1S/C13H13FN2OS2/c1-8-12(13(15)18)19-11(16-8)6-7-17-10-5-3-2-4-9(10)14/h2-5H,6-7H2,1H3,(H2,15,18). The molecule has 1 aromatic carbocycles. The van der Waals surface area contributed by atoms with Gasteiger partial charge in [0.1, 0.15) is 4.99 Å². The predicted molar refractivity (Wildman–Crippen MR) is 78.3 cm³/mol. The van der Waals surface area contributed by atoms with Gasteiger partial charge in [-0.25, -0.2) is 9.37 Å². The number of nitrogens with two attached hydrogens (primary N) is 1. The van der Waals surface area contributed by atoms with Gasteiger partial charge in [0.15, 0.2) is 11.6 Å². The number of halogens is 1. The molecular weight excluding hydrogens is 283 g/mol. The van der Waals surface area contributed by atoms with Gasteiger partial charge in [0.25, 0.3) is 0 Å². The fourth-order valence-electron chi connectivity index (χ4n) is 1.60. The van der Waals surface area contributed by atoms with E-state index in [9.17, 15) is 4.39 Å². The molecule has 0 aliphatic heterocycles. The minimum Gasteiger partial charge on any atom is -0.490 e. The summed E-state index contributed by atoms with van der Waals surface area (Å²) in [4.78, 5) is 5.55. The Bertz CT molecular complexity index is 598. The highest BCUT2D eigenvalue weighted by Gasteiger charge is 2.10. The summed E-state index contributed by atoms with van der Waals surface area (Å²) >= 11 is 6.39. The van der Waals surface area contributed by atoms with Crippen molar-refractivity contribution in [2.45, 2.75) is 13.3 Å². The Morgan fingerprint density at radius 1 is 1.47 bits per heavy atom. The summed E-state index contributed by atoms with van der Waals surface area (Å²) in [7, 11) is 0. The van der Waals surface area contributed by atoms with Crippen LogP contribution in [0.15, 0.2) is 24.3 Å². The summed E-state index contributed by atoms with van der Waals surface area (Å²) in [5.41, 5.74) is 6.42. The topological polar surface area (TPSA) is 48.1 Å². The van der Waals surface area contributed by atoms with Crippen LogP contribution in [-0.2, 0) is 6.42 Å². The lowest BCUT2D eigenvalue weighted by atomic mass is 10.3. The summed E-state index contributed by atoms with van der Waals surface area (Å²) in [6.07, 6.45) is 0.600. The summed E-state index contributed by atoms with van der Waals surface area (Å²) in [5.74, 6) is -0.105. The normalized spacial score (nSPS) is 10.4. The van der Waals surface area contributed by atoms with Crippen LogP contribution in [0.3, 0.4) is 0 Å². The number of aryl methyl sites for hydroxylation is 1. The van der Waals surface area contributed by atoms with E-state index >= 15 is 0 Å². The van der Waals surface area contributed by atoms with Gasteiger partial charge in [-0.3, -0.25) is 0 Å². The number of para-hydroxylation sites is 1. The van der Waals surface area contributed by atoms with Gasteiger partial charge in [0, 0.05) is 6.42 Å². The second-order valence-electron chi connectivity index (χ2n) is 3.92. The number of thiocarbonyl (C=S) groups is 1. The van der Waals surface area contributed by atoms with E-state index in [1.807, 2.05) is 6.92 Å². The largest absolute Gasteiger partial charge is 0.490 e. The molecule has 0 saturated heterocycles. The van der Waals surface area contributed by atoms with Crippen LogP contribution >= 0.6 is 23.6 Å². The van der Waals surface area contributed by atoms with Crippen molar-refractivity contribution >= 4 is 28.5 Å². The van der Waals surface area contributed by atoms with Gasteiger partial charge in [0.2, 0.25) is 0 Å². The van der Waals surface area contributed by atoms with Gasteiger partial charge >= 0.3 is 0 Å². The highest BCUT2D eigenvalue weighted by Crippen LogP contribution is 2.19. The monoisotopic (exact) mass is 296 g/mol. The third-order valence-electron chi connectivity index (χ3n) is 2.47. The number of benzene rings is 1. The lowest BCUT2D eigenvalue weighted by molar-refractivity contribution is 0.305. The summed E-state index contributed by atoms with van der Waals surface area (Å²) in [5, 5.41) is 0.886. The summed E-state index contributed by atoms with van der Waals surface area (Å²) in [6.45, 7) is 2.23. The molecule has 3 nitrogen and oxygen atoms in total. The maximum absolute atomic E-state index is 13.3. The Balaban J connectivity index is 1.95. The molecule has 0 amide bonds. The molecule has 19 heavy (non-hydrogen) atoms. The quantitative estimate of drug-likeness (QED) is 0.862. The first-order valence-corrected chi connectivity index (χ1v) is 6.94. The van der Waals surface area contributed by atoms with Crippen LogP contribution in [0, 0.1) is 12.7 Å². The van der Waals surface area contributed by atoms with Crippen molar-refractivity contribution in [2.75, 3.05) is 6.61 Å². The third kappa shape index (κ3) is 3.48. The maximum Gasteiger partial charge on any atom is 0.165 e. The average molecular weight is 296 g/mol. The van der Waals surface area contributed by atoms with E-state index in [-0.39, 0.29) is 11.6 Å². The fraction of sp³-hybridized carbons (Fsp3) is 0.231. The van der Waals surface area contributed by atoms with Crippen LogP contribution in [0.5, 0.6) is 5.75 Å². The van der Waals surface area contributed by atoms with Crippen LogP contribution in [-0.4, -0.2) is 16.6 Å². The van der Waals surface area contributed by atoms with E-state index in [2.05, 4.69) is 4.98 Å². The van der Waals surface area contributed by atoms with Gasteiger partial charge in [-0.15, -0.1) is 11.3 Å². The van der Waals surface area contributed by atoms with Crippen molar-refractivity contribution in [1.82, 2.24) is 4.98 Å². The Morgan fingerprint density at radius 2 is 2.21 bits per heavy atom. The van der Waals surface area contributed by atoms with Gasteiger partial charge < -0.3 is 10.5 Å². The predicted octanol–water partition coefficient (Wildman–Crippen LogP) is 2.85. The lowest BCUT2D eigenvalue weighted by Crippen LogP contribution is -2.08. The molecule has 0 aliphatic rings. The molecule has 6 heteroatoms. The van der Waals surface area contributed by atoms with Crippen LogP contribution in [0.2, 0.25) is 0 Å². The van der Waals surface area contributed by atoms with Crippen molar-refractivity contribution < 1.29 is 9.13 Å². The van der Waals surface area contributed by atoms with Crippen LogP contribution in [0.1, 0.15) is 15.6 Å². The molecule has 2 N–H and O–H groups in total. The first kappa shape index (κ1) is 13.9. The molecule has 0 aliphatic carbocycles. The second-order valence-corrected chi connectivity index (χ2v) is 5.44. The van der Waals surface area contributed by atoms with Gasteiger partial charge in [-0.2, -0.15) is 0 Å². The molecule has 0 radical (unpaired) electrons. The average Bonchev–Trinajstić information content (AvgIpc) is 2.73. The van der Waals surface area contributed by atoms with Gasteiger partial charge in [-0.1, -0.05) is 24.4 Å². The first-order valence-electron chi connectivity index (χ1n) is 5.71. The van der Waals surface area contributed by atoms with E-state index in [0.717, 1.165) is 15.6 Å². The molecule has 2 rings (SSSR count). The zero-order valence-electron chi connectivity index (χ0n) is 10.4. The highest BCUT2D eigenvalue weighted by molar-refractivity contribution is 7.81.